The van der Waals surface area contributed by atoms with Gasteiger partial charge in [0.05, 0.1) is 5.92 Å². The Balaban J connectivity index is 1.86. The Hall–Kier alpha value is -1.56. The smallest absolute Gasteiger partial charge is 0.410 e. The molecular formula is C20H29BrN2O3. The van der Waals surface area contributed by atoms with E-state index in [1.807, 2.05) is 32.9 Å². The Morgan fingerprint density at radius 3 is 2.38 bits per heavy atom. The van der Waals surface area contributed by atoms with Gasteiger partial charge in [0.25, 0.3) is 0 Å². The molecule has 0 spiro atoms. The van der Waals surface area contributed by atoms with Gasteiger partial charge in [-0.25, -0.2) is 4.79 Å². The summed E-state index contributed by atoms with van der Waals surface area (Å²) < 4.78 is 6.42. The summed E-state index contributed by atoms with van der Waals surface area (Å²) in [6.07, 6.45) is 0.326. The number of carbonyl (C=O) groups is 2. The minimum atomic E-state index is -0.522. The number of benzene rings is 1. The van der Waals surface area contributed by atoms with Gasteiger partial charge < -0.3 is 15.0 Å². The number of hydrogen-bond donors (Lipinski definition) is 1. The Morgan fingerprint density at radius 1 is 1.19 bits per heavy atom. The zero-order valence-electron chi connectivity index (χ0n) is 16.3. The third-order valence-corrected chi connectivity index (χ3v) is 5.07. The molecule has 1 N–H and O–H groups in total. The van der Waals surface area contributed by atoms with Crippen molar-refractivity contribution in [3.05, 3.63) is 34.3 Å². The van der Waals surface area contributed by atoms with Crippen LogP contribution in [0.15, 0.2) is 28.7 Å². The van der Waals surface area contributed by atoms with Crippen molar-refractivity contribution in [2.24, 2.45) is 5.92 Å². The van der Waals surface area contributed by atoms with Gasteiger partial charge in [-0.2, -0.15) is 0 Å². The number of halogens is 1. The summed E-state index contributed by atoms with van der Waals surface area (Å²) in [4.78, 5) is 26.3. The summed E-state index contributed by atoms with van der Waals surface area (Å²) in [5, 5.41) is 3.06. The van der Waals surface area contributed by atoms with Gasteiger partial charge in [-0.05, 0) is 44.9 Å². The van der Waals surface area contributed by atoms with Gasteiger partial charge in [0, 0.05) is 29.5 Å². The number of ether oxygens (including phenoxy) is 1. The first-order valence-electron chi connectivity index (χ1n) is 9.00. The lowest BCUT2D eigenvalue weighted by Gasteiger charge is -2.27. The molecule has 2 amide bonds. The SMILES string of the molecule is CC(C)(C)OC(=O)N1CCC(C(=O)NCC(C)(C)c2ccc(Br)cc2)C1. The molecule has 1 saturated heterocycles. The number of amides is 2. The van der Waals surface area contributed by atoms with Crippen molar-refractivity contribution < 1.29 is 14.3 Å². The molecule has 2 rings (SSSR count). The highest BCUT2D eigenvalue weighted by Crippen LogP contribution is 2.25. The van der Waals surface area contributed by atoms with E-state index in [1.54, 1.807) is 4.90 Å². The Kier molecular flexibility index (Phi) is 6.37. The highest BCUT2D eigenvalue weighted by Gasteiger charge is 2.34. The predicted molar refractivity (Wildman–Crippen MR) is 106 cm³/mol. The van der Waals surface area contributed by atoms with Crippen LogP contribution in [0.3, 0.4) is 0 Å². The topological polar surface area (TPSA) is 58.6 Å². The van der Waals surface area contributed by atoms with E-state index in [9.17, 15) is 9.59 Å². The van der Waals surface area contributed by atoms with E-state index in [-0.39, 0.29) is 23.3 Å². The summed E-state index contributed by atoms with van der Waals surface area (Å²) in [7, 11) is 0. The van der Waals surface area contributed by atoms with Gasteiger partial charge >= 0.3 is 6.09 Å². The zero-order chi connectivity index (χ0) is 19.5. The second-order valence-electron chi connectivity index (χ2n) is 8.52. The van der Waals surface area contributed by atoms with Gasteiger partial charge in [-0.15, -0.1) is 0 Å². The molecule has 1 unspecified atom stereocenters. The predicted octanol–water partition coefficient (Wildman–Crippen LogP) is 4.10. The van der Waals surface area contributed by atoms with Crippen LogP contribution < -0.4 is 5.32 Å². The Bertz CT molecular complexity index is 650. The van der Waals surface area contributed by atoms with Crippen LogP contribution in [0.25, 0.3) is 0 Å². The molecule has 1 aliphatic rings. The molecule has 0 aliphatic carbocycles. The lowest BCUT2D eigenvalue weighted by atomic mass is 9.84. The average molecular weight is 425 g/mol. The molecule has 1 fully saturated rings. The first-order chi connectivity index (χ1) is 12.0. The van der Waals surface area contributed by atoms with E-state index >= 15 is 0 Å². The fraction of sp³-hybridized carbons (Fsp3) is 0.600. The number of rotatable bonds is 4. The molecule has 0 radical (unpaired) electrons. The minimum absolute atomic E-state index is 0.00115. The van der Waals surface area contributed by atoms with Crippen LogP contribution in [0.1, 0.15) is 46.6 Å². The molecule has 0 bridgehead atoms. The number of carbonyl (C=O) groups excluding carboxylic acids is 2. The van der Waals surface area contributed by atoms with Crippen molar-refractivity contribution in [2.75, 3.05) is 19.6 Å². The monoisotopic (exact) mass is 424 g/mol. The van der Waals surface area contributed by atoms with Crippen LogP contribution in [0.2, 0.25) is 0 Å². The number of nitrogens with one attached hydrogen (secondary N) is 1. The minimum Gasteiger partial charge on any atom is -0.444 e. The van der Waals surface area contributed by atoms with E-state index < -0.39 is 5.60 Å². The highest BCUT2D eigenvalue weighted by molar-refractivity contribution is 9.10. The molecular weight excluding hydrogens is 396 g/mol. The largest absolute Gasteiger partial charge is 0.444 e. The molecule has 0 aromatic heterocycles. The normalized spacial score (nSPS) is 17.9. The quantitative estimate of drug-likeness (QED) is 0.790. The summed E-state index contributed by atoms with van der Waals surface area (Å²) >= 11 is 3.44. The van der Waals surface area contributed by atoms with E-state index in [4.69, 9.17) is 4.74 Å². The van der Waals surface area contributed by atoms with E-state index in [0.717, 1.165) is 4.47 Å². The van der Waals surface area contributed by atoms with Gasteiger partial charge in [0.15, 0.2) is 0 Å². The zero-order valence-corrected chi connectivity index (χ0v) is 17.9. The molecule has 1 atom stereocenters. The van der Waals surface area contributed by atoms with Crippen molar-refractivity contribution in [3.63, 3.8) is 0 Å². The highest BCUT2D eigenvalue weighted by atomic mass is 79.9. The maximum atomic E-state index is 12.5. The van der Waals surface area contributed by atoms with Crippen molar-refractivity contribution in [1.82, 2.24) is 10.2 Å². The lowest BCUT2D eigenvalue weighted by Crippen LogP contribution is -2.41. The summed E-state index contributed by atoms with van der Waals surface area (Å²) in [5.41, 5.74) is 0.481. The van der Waals surface area contributed by atoms with E-state index in [0.29, 0.717) is 26.1 Å². The van der Waals surface area contributed by atoms with Crippen molar-refractivity contribution in [2.45, 2.75) is 52.1 Å². The lowest BCUT2D eigenvalue weighted by molar-refractivity contribution is -0.124. The third-order valence-electron chi connectivity index (χ3n) is 4.54. The molecule has 5 nitrogen and oxygen atoms in total. The standard InChI is InChI=1S/C20H29BrN2O3/c1-19(2,3)26-18(25)23-11-10-14(12-23)17(24)22-13-20(4,5)15-6-8-16(21)9-7-15/h6-9,14H,10-13H2,1-5H3,(H,22,24). The molecule has 1 aromatic carbocycles. The number of hydrogen-bond acceptors (Lipinski definition) is 3. The molecule has 26 heavy (non-hydrogen) atoms. The first-order valence-corrected chi connectivity index (χ1v) is 9.79. The van der Waals surface area contributed by atoms with Crippen LogP contribution >= 0.6 is 15.9 Å². The molecule has 0 saturated carbocycles. The van der Waals surface area contributed by atoms with Gasteiger partial charge in [0.1, 0.15) is 5.60 Å². The van der Waals surface area contributed by atoms with E-state index in [1.165, 1.54) is 5.56 Å². The van der Waals surface area contributed by atoms with Crippen LogP contribution in [-0.2, 0) is 14.9 Å². The number of nitrogens with zero attached hydrogens (tertiary/aromatic N) is 1. The number of likely N-dealkylation sites (tertiary alicyclic amines) is 1. The second kappa shape index (κ2) is 7.99. The van der Waals surface area contributed by atoms with Crippen LogP contribution in [0.5, 0.6) is 0 Å². The molecule has 6 heteroatoms. The van der Waals surface area contributed by atoms with E-state index in [2.05, 4.69) is 47.2 Å². The van der Waals surface area contributed by atoms with Gasteiger partial charge in [0.2, 0.25) is 5.91 Å². The van der Waals surface area contributed by atoms with Crippen LogP contribution in [0, 0.1) is 5.92 Å². The van der Waals surface area contributed by atoms with Gasteiger partial charge in [-0.3, -0.25) is 4.79 Å². The van der Waals surface area contributed by atoms with Crippen LogP contribution in [-0.4, -0.2) is 42.1 Å². The van der Waals surface area contributed by atoms with Crippen molar-refractivity contribution >= 4 is 27.9 Å². The summed E-state index contributed by atoms with van der Waals surface area (Å²) in [5.74, 6) is -0.176. The van der Waals surface area contributed by atoms with Crippen molar-refractivity contribution in [1.29, 1.82) is 0 Å². The van der Waals surface area contributed by atoms with Crippen LogP contribution in [0.4, 0.5) is 4.79 Å². The third kappa shape index (κ3) is 5.73. The Morgan fingerprint density at radius 2 is 1.81 bits per heavy atom. The maximum absolute atomic E-state index is 12.5. The fourth-order valence-electron chi connectivity index (χ4n) is 2.92. The molecule has 1 heterocycles. The summed E-state index contributed by atoms with van der Waals surface area (Å²) in [6.45, 7) is 11.3. The maximum Gasteiger partial charge on any atom is 0.410 e. The Labute approximate surface area is 164 Å². The second-order valence-corrected chi connectivity index (χ2v) is 9.44. The van der Waals surface area contributed by atoms with Crippen molar-refractivity contribution in [3.8, 4) is 0 Å². The fourth-order valence-corrected chi connectivity index (χ4v) is 3.19. The molecule has 1 aromatic rings. The molecule has 1 aliphatic heterocycles. The summed E-state index contributed by atoms with van der Waals surface area (Å²) in [6, 6.07) is 8.15. The molecule has 144 valence electrons. The first kappa shape index (κ1) is 20.7. The van der Waals surface area contributed by atoms with Gasteiger partial charge in [-0.1, -0.05) is 41.9 Å². The average Bonchev–Trinajstić information content (AvgIpc) is 3.02.